The van der Waals surface area contributed by atoms with Crippen molar-refractivity contribution in [1.29, 1.82) is 0 Å². The smallest absolute Gasteiger partial charge is 0.293 e. The van der Waals surface area contributed by atoms with Crippen LogP contribution in [0, 0.1) is 0 Å². The van der Waals surface area contributed by atoms with Crippen molar-refractivity contribution >= 4 is 5.91 Å². The lowest BCUT2D eigenvalue weighted by molar-refractivity contribution is -0.121. The molecule has 0 saturated carbocycles. The van der Waals surface area contributed by atoms with Gasteiger partial charge in [0.05, 0.1) is 0 Å². The number of carbonyl (C=O) groups is 1. The van der Waals surface area contributed by atoms with Crippen molar-refractivity contribution in [2.75, 3.05) is 6.54 Å². The van der Waals surface area contributed by atoms with Crippen LogP contribution in [0.25, 0.3) is 0 Å². The molecular formula is C17H20N2O3. The third-order valence-electron chi connectivity index (χ3n) is 3.11. The normalized spacial score (nSPS) is 10.2. The van der Waals surface area contributed by atoms with Gasteiger partial charge in [0.15, 0.2) is 5.75 Å². The molecular weight excluding hydrogens is 280 g/mol. The summed E-state index contributed by atoms with van der Waals surface area (Å²) in [7, 11) is 0. The highest BCUT2D eigenvalue weighted by Gasteiger charge is 2.08. The third-order valence-corrected chi connectivity index (χ3v) is 3.11. The number of hydrogen-bond donors (Lipinski definition) is 1. The molecule has 0 atom stereocenters. The van der Waals surface area contributed by atoms with Crippen molar-refractivity contribution < 1.29 is 9.53 Å². The minimum atomic E-state index is -0.301. The van der Waals surface area contributed by atoms with Gasteiger partial charge in [0.1, 0.15) is 13.2 Å². The van der Waals surface area contributed by atoms with Gasteiger partial charge in [0, 0.05) is 12.7 Å². The Labute approximate surface area is 129 Å². The van der Waals surface area contributed by atoms with E-state index in [1.165, 1.54) is 4.57 Å². The Balaban J connectivity index is 2.02. The van der Waals surface area contributed by atoms with E-state index in [-0.39, 0.29) is 23.8 Å². The minimum absolute atomic E-state index is 0.00136. The number of rotatable bonds is 7. The molecule has 0 aliphatic carbocycles. The van der Waals surface area contributed by atoms with Crippen LogP contribution in [0.5, 0.6) is 5.75 Å². The Bertz CT molecular complexity index is 665. The molecule has 0 unspecified atom stereocenters. The number of ether oxygens (including phenoxy) is 1. The van der Waals surface area contributed by atoms with Crippen LogP contribution in [0.1, 0.15) is 18.9 Å². The van der Waals surface area contributed by atoms with E-state index in [1.807, 2.05) is 37.3 Å². The quantitative estimate of drug-likeness (QED) is 0.850. The molecule has 0 radical (unpaired) electrons. The zero-order valence-electron chi connectivity index (χ0n) is 12.6. The number of amides is 1. The molecule has 1 aromatic carbocycles. The van der Waals surface area contributed by atoms with Crippen LogP contribution in [0.4, 0.5) is 0 Å². The average Bonchev–Trinajstić information content (AvgIpc) is 2.55. The van der Waals surface area contributed by atoms with E-state index in [0.29, 0.717) is 13.2 Å². The van der Waals surface area contributed by atoms with Crippen LogP contribution >= 0.6 is 0 Å². The molecule has 2 rings (SSSR count). The maximum Gasteiger partial charge on any atom is 0.293 e. The fraction of sp³-hybridized carbons (Fsp3) is 0.294. The maximum absolute atomic E-state index is 12.3. The predicted octanol–water partition coefficient (Wildman–Crippen LogP) is 1.95. The molecule has 0 spiro atoms. The topological polar surface area (TPSA) is 60.3 Å². The molecule has 1 N–H and O–H groups in total. The molecule has 1 amide bonds. The Morgan fingerprint density at radius 3 is 2.68 bits per heavy atom. The standard InChI is InChI=1S/C17H20N2O3/c1-2-10-18-16(20)12-19-11-6-9-15(17(19)21)22-13-14-7-4-3-5-8-14/h3-9,11H,2,10,12-13H2,1H3,(H,18,20). The van der Waals surface area contributed by atoms with Gasteiger partial charge in [-0.1, -0.05) is 37.3 Å². The van der Waals surface area contributed by atoms with E-state index in [4.69, 9.17) is 4.74 Å². The first-order valence-corrected chi connectivity index (χ1v) is 7.33. The Kier molecular flexibility index (Phi) is 5.77. The molecule has 116 valence electrons. The number of pyridine rings is 1. The first-order valence-electron chi connectivity index (χ1n) is 7.33. The number of nitrogens with zero attached hydrogens (tertiary/aromatic N) is 1. The Morgan fingerprint density at radius 2 is 1.95 bits per heavy atom. The molecule has 0 fully saturated rings. The van der Waals surface area contributed by atoms with E-state index >= 15 is 0 Å². The maximum atomic E-state index is 12.3. The molecule has 0 bridgehead atoms. The van der Waals surface area contributed by atoms with Gasteiger partial charge < -0.3 is 14.6 Å². The SMILES string of the molecule is CCCNC(=O)Cn1cccc(OCc2ccccc2)c1=O. The highest BCUT2D eigenvalue weighted by atomic mass is 16.5. The monoisotopic (exact) mass is 300 g/mol. The molecule has 5 heteroatoms. The largest absolute Gasteiger partial charge is 0.483 e. The summed E-state index contributed by atoms with van der Waals surface area (Å²) >= 11 is 0. The molecule has 5 nitrogen and oxygen atoms in total. The fourth-order valence-electron chi connectivity index (χ4n) is 1.96. The van der Waals surface area contributed by atoms with Crippen LogP contribution in [0.3, 0.4) is 0 Å². The first kappa shape index (κ1) is 15.8. The molecule has 0 aliphatic rings. The number of nitrogens with one attached hydrogen (secondary N) is 1. The summed E-state index contributed by atoms with van der Waals surface area (Å²) in [5.74, 6) is 0.0683. The van der Waals surface area contributed by atoms with E-state index in [9.17, 15) is 9.59 Å². The van der Waals surface area contributed by atoms with Gasteiger partial charge in [-0.15, -0.1) is 0 Å². The van der Waals surface area contributed by atoms with Gasteiger partial charge in [-0.2, -0.15) is 0 Å². The van der Waals surface area contributed by atoms with Crippen molar-refractivity contribution in [3.8, 4) is 5.75 Å². The zero-order valence-corrected chi connectivity index (χ0v) is 12.6. The van der Waals surface area contributed by atoms with Gasteiger partial charge in [-0.25, -0.2) is 0 Å². The van der Waals surface area contributed by atoms with Crippen LogP contribution in [0.15, 0.2) is 53.5 Å². The molecule has 1 aromatic heterocycles. The minimum Gasteiger partial charge on any atom is -0.483 e. The van der Waals surface area contributed by atoms with Gasteiger partial charge >= 0.3 is 0 Å². The van der Waals surface area contributed by atoms with Gasteiger partial charge in [-0.05, 0) is 24.1 Å². The van der Waals surface area contributed by atoms with E-state index < -0.39 is 0 Å². The van der Waals surface area contributed by atoms with Crippen molar-refractivity contribution in [1.82, 2.24) is 9.88 Å². The van der Waals surface area contributed by atoms with Crippen molar-refractivity contribution in [3.63, 3.8) is 0 Å². The summed E-state index contributed by atoms with van der Waals surface area (Å²) in [6, 6.07) is 12.9. The second-order valence-corrected chi connectivity index (χ2v) is 4.93. The fourth-order valence-corrected chi connectivity index (χ4v) is 1.96. The lowest BCUT2D eigenvalue weighted by Gasteiger charge is -2.09. The third kappa shape index (κ3) is 4.48. The summed E-state index contributed by atoms with van der Waals surface area (Å²) in [6.45, 7) is 2.91. The Morgan fingerprint density at radius 1 is 1.18 bits per heavy atom. The average molecular weight is 300 g/mol. The summed E-state index contributed by atoms with van der Waals surface area (Å²) in [5, 5.41) is 2.75. The van der Waals surface area contributed by atoms with Crippen molar-refractivity contribution in [2.24, 2.45) is 0 Å². The predicted molar refractivity (Wildman–Crippen MR) is 84.8 cm³/mol. The molecule has 0 aliphatic heterocycles. The van der Waals surface area contributed by atoms with Gasteiger partial charge in [0.25, 0.3) is 5.56 Å². The van der Waals surface area contributed by atoms with Crippen LogP contribution in [-0.2, 0) is 17.9 Å². The zero-order chi connectivity index (χ0) is 15.8. The first-order chi connectivity index (χ1) is 10.7. The number of aromatic nitrogens is 1. The van der Waals surface area contributed by atoms with E-state index in [2.05, 4.69) is 5.32 Å². The molecule has 2 aromatic rings. The van der Waals surface area contributed by atoms with Crippen molar-refractivity contribution in [2.45, 2.75) is 26.5 Å². The van der Waals surface area contributed by atoms with Crippen LogP contribution in [-0.4, -0.2) is 17.0 Å². The number of hydrogen-bond acceptors (Lipinski definition) is 3. The second kappa shape index (κ2) is 8.02. The van der Waals surface area contributed by atoms with Gasteiger partial charge in [-0.3, -0.25) is 9.59 Å². The lowest BCUT2D eigenvalue weighted by Crippen LogP contribution is -2.32. The van der Waals surface area contributed by atoms with Crippen molar-refractivity contribution in [3.05, 3.63) is 64.6 Å². The summed E-state index contributed by atoms with van der Waals surface area (Å²) < 4.78 is 6.91. The summed E-state index contributed by atoms with van der Waals surface area (Å²) in [4.78, 5) is 24.0. The van der Waals surface area contributed by atoms with E-state index in [0.717, 1.165) is 12.0 Å². The number of benzene rings is 1. The molecule has 1 heterocycles. The summed E-state index contributed by atoms with van der Waals surface area (Å²) in [6.07, 6.45) is 2.45. The van der Waals surface area contributed by atoms with E-state index in [1.54, 1.807) is 18.3 Å². The second-order valence-electron chi connectivity index (χ2n) is 4.93. The Hall–Kier alpha value is -2.56. The number of carbonyl (C=O) groups excluding carboxylic acids is 1. The van der Waals surface area contributed by atoms with Crippen LogP contribution < -0.4 is 15.6 Å². The highest BCUT2D eigenvalue weighted by Crippen LogP contribution is 2.07. The summed E-state index contributed by atoms with van der Waals surface area (Å²) in [5.41, 5.74) is 0.683. The molecule has 22 heavy (non-hydrogen) atoms. The lowest BCUT2D eigenvalue weighted by atomic mass is 10.2. The molecule has 0 saturated heterocycles. The van der Waals surface area contributed by atoms with Crippen LogP contribution in [0.2, 0.25) is 0 Å². The highest BCUT2D eigenvalue weighted by molar-refractivity contribution is 5.75. The van der Waals surface area contributed by atoms with Gasteiger partial charge in [0.2, 0.25) is 5.91 Å².